The minimum Gasteiger partial charge on any atom is -0.379 e. The molecule has 0 spiro atoms. The zero-order valence-electron chi connectivity index (χ0n) is 20.8. The van der Waals surface area contributed by atoms with Gasteiger partial charge in [-0.3, -0.25) is 13.8 Å². The van der Waals surface area contributed by atoms with Crippen LogP contribution in [-0.4, -0.2) is 46.6 Å². The monoisotopic (exact) mass is 472 g/mol. The number of hydrogen-bond acceptors (Lipinski definition) is 5. The Kier molecular flexibility index (Phi) is 9.95. The van der Waals surface area contributed by atoms with Gasteiger partial charge in [0, 0.05) is 17.7 Å². The molecule has 180 valence electrons. The average Bonchev–Trinajstić information content (AvgIpc) is 2.76. The fourth-order valence-corrected chi connectivity index (χ4v) is 4.16. The lowest BCUT2D eigenvalue weighted by molar-refractivity contribution is -0.00369. The average molecular weight is 473 g/mol. The maximum atomic E-state index is 13.7. The van der Waals surface area contributed by atoms with Crippen LogP contribution in [0.2, 0.25) is 0 Å². The van der Waals surface area contributed by atoms with Crippen LogP contribution in [0, 0.1) is 13.8 Å². The molecular weight excluding hydrogens is 436 g/mol. The van der Waals surface area contributed by atoms with Crippen molar-refractivity contribution in [3.05, 3.63) is 70.3 Å². The van der Waals surface area contributed by atoms with Gasteiger partial charge in [-0.05, 0) is 77.8 Å². The van der Waals surface area contributed by atoms with Crippen molar-refractivity contribution < 1.29 is 18.5 Å². The Hall–Kier alpha value is -2.35. The van der Waals surface area contributed by atoms with Gasteiger partial charge in [-0.2, -0.15) is 4.41 Å². The van der Waals surface area contributed by atoms with Crippen LogP contribution < -0.4 is 0 Å². The summed E-state index contributed by atoms with van der Waals surface area (Å²) in [5.74, 6) is -0.597. The van der Waals surface area contributed by atoms with Gasteiger partial charge >= 0.3 is 0 Å². The normalized spacial score (nSPS) is 11.4. The van der Waals surface area contributed by atoms with E-state index in [0.29, 0.717) is 24.3 Å². The van der Waals surface area contributed by atoms with E-state index in [4.69, 9.17) is 8.92 Å². The van der Waals surface area contributed by atoms with E-state index in [1.54, 1.807) is 12.1 Å². The van der Waals surface area contributed by atoms with Crippen molar-refractivity contribution in [3.63, 3.8) is 0 Å². The maximum absolute atomic E-state index is 13.7. The first-order valence-corrected chi connectivity index (χ1v) is 12.0. The van der Waals surface area contributed by atoms with E-state index in [1.165, 1.54) is 9.42 Å². The fourth-order valence-electron chi connectivity index (χ4n) is 3.36. The van der Waals surface area contributed by atoms with Crippen LogP contribution in [0.25, 0.3) is 0 Å². The standard InChI is InChI=1S/C26H36N2O4S/c1-8-21-10-12-22(13-11-21)25(30)28(33-32-15-14-31-9-2)27(26(5,6)7)24(29)23-17-19(3)16-20(4)18-23/h10-13,16-18H,8-9,14-15H2,1-7H3. The highest BCUT2D eigenvalue weighted by Gasteiger charge is 2.37. The predicted octanol–water partition coefficient (Wildman–Crippen LogP) is 5.78. The Bertz CT molecular complexity index is 918. The SMILES string of the molecule is CCOCCOSN(C(=O)c1ccc(CC)cc1)N(C(=O)c1cc(C)cc(C)c1)C(C)(C)C. The van der Waals surface area contributed by atoms with Gasteiger partial charge in [-0.25, -0.2) is 5.01 Å². The van der Waals surface area contributed by atoms with Crippen LogP contribution in [0.15, 0.2) is 42.5 Å². The lowest BCUT2D eigenvalue weighted by Gasteiger charge is -2.41. The van der Waals surface area contributed by atoms with Crippen LogP contribution in [-0.2, 0) is 15.3 Å². The molecule has 2 aromatic carbocycles. The lowest BCUT2D eigenvalue weighted by Crippen LogP contribution is -2.55. The number of rotatable bonds is 9. The Morgan fingerprint density at radius 1 is 0.879 bits per heavy atom. The highest BCUT2D eigenvalue weighted by atomic mass is 32.2. The van der Waals surface area contributed by atoms with Gasteiger partial charge in [0.25, 0.3) is 11.8 Å². The van der Waals surface area contributed by atoms with Crippen LogP contribution in [0.3, 0.4) is 0 Å². The molecule has 0 saturated heterocycles. The fraction of sp³-hybridized carbons (Fsp3) is 0.462. The second-order valence-electron chi connectivity index (χ2n) is 8.89. The van der Waals surface area contributed by atoms with E-state index in [0.717, 1.165) is 35.3 Å². The van der Waals surface area contributed by atoms with Gasteiger partial charge in [-0.1, -0.05) is 36.2 Å². The molecule has 0 fully saturated rings. The highest BCUT2D eigenvalue weighted by Crippen LogP contribution is 2.29. The summed E-state index contributed by atoms with van der Waals surface area (Å²) in [6.45, 7) is 14.8. The summed E-state index contributed by atoms with van der Waals surface area (Å²) in [7, 11) is 0. The first-order valence-electron chi connectivity index (χ1n) is 11.3. The minimum atomic E-state index is -0.690. The molecule has 0 saturated carbocycles. The van der Waals surface area contributed by atoms with E-state index in [-0.39, 0.29) is 18.4 Å². The molecule has 2 rings (SSSR count). The second-order valence-corrected chi connectivity index (χ2v) is 9.62. The van der Waals surface area contributed by atoms with Crippen molar-refractivity contribution in [1.82, 2.24) is 9.42 Å². The molecule has 0 aliphatic carbocycles. The topological polar surface area (TPSA) is 59.1 Å². The lowest BCUT2D eigenvalue weighted by atomic mass is 10.0. The third-order valence-corrected chi connectivity index (χ3v) is 5.64. The Morgan fingerprint density at radius 3 is 2.00 bits per heavy atom. The molecule has 2 amide bonds. The van der Waals surface area contributed by atoms with Crippen molar-refractivity contribution in [2.75, 3.05) is 19.8 Å². The van der Waals surface area contributed by atoms with Crippen LogP contribution in [0.5, 0.6) is 0 Å². The van der Waals surface area contributed by atoms with Crippen LogP contribution >= 0.6 is 12.2 Å². The van der Waals surface area contributed by atoms with Crippen molar-refractivity contribution in [3.8, 4) is 0 Å². The minimum absolute atomic E-state index is 0.270. The maximum Gasteiger partial charge on any atom is 0.284 e. The first-order chi connectivity index (χ1) is 15.6. The van der Waals surface area contributed by atoms with Crippen molar-refractivity contribution in [2.45, 2.75) is 60.4 Å². The largest absolute Gasteiger partial charge is 0.379 e. The molecule has 0 heterocycles. The number of amides is 2. The van der Waals surface area contributed by atoms with Gasteiger partial charge in [0.2, 0.25) is 0 Å². The molecule has 0 aromatic heterocycles. The molecule has 0 radical (unpaired) electrons. The Morgan fingerprint density at radius 2 is 1.48 bits per heavy atom. The second kappa shape index (κ2) is 12.2. The summed E-state index contributed by atoms with van der Waals surface area (Å²) < 4.78 is 12.4. The summed E-state index contributed by atoms with van der Waals surface area (Å²) in [5.41, 5.74) is 3.43. The zero-order valence-corrected chi connectivity index (χ0v) is 21.6. The molecule has 2 aromatic rings. The Labute approximate surface area is 202 Å². The van der Waals surface area contributed by atoms with Crippen LogP contribution in [0.1, 0.15) is 72.0 Å². The van der Waals surface area contributed by atoms with Crippen LogP contribution in [0.4, 0.5) is 0 Å². The molecule has 0 aliphatic heterocycles. The summed E-state index contributed by atoms with van der Waals surface area (Å²) in [4.78, 5) is 27.4. The molecule has 0 atom stereocenters. The number of hydrazine groups is 1. The molecule has 6 nitrogen and oxygen atoms in total. The van der Waals surface area contributed by atoms with E-state index in [2.05, 4.69) is 6.92 Å². The number of aryl methyl sites for hydroxylation is 3. The number of benzene rings is 2. The van der Waals surface area contributed by atoms with Gasteiger partial charge < -0.3 is 4.74 Å². The predicted molar refractivity (Wildman–Crippen MR) is 134 cm³/mol. The number of carbonyl (C=O) groups is 2. The number of nitrogens with zero attached hydrogens (tertiary/aromatic N) is 2. The first kappa shape index (κ1) is 26.9. The summed E-state index contributed by atoms with van der Waals surface area (Å²) in [5, 5.41) is 1.47. The molecule has 0 bridgehead atoms. The molecule has 33 heavy (non-hydrogen) atoms. The molecule has 0 unspecified atom stereocenters. The van der Waals surface area contributed by atoms with E-state index in [1.807, 2.05) is 71.9 Å². The smallest absolute Gasteiger partial charge is 0.284 e. The molecule has 0 aliphatic rings. The van der Waals surface area contributed by atoms with E-state index < -0.39 is 5.54 Å². The molecule has 7 heteroatoms. The highest BCUT2D eigenvalue weighted by molar-refractivity contribution is 7.92. The quantitative estimate of drug-likeness (QED) is 0.200. The van der Waals surface area contributed by atoms with Gasteiger partial charge in [0.1, 0.15) is 12.2 Å². The van der Waals surface area contributed by atoms with Gasteiger partial charge in [-0.15, -0.1) is 0 Å². The van der Waals surface area contributed by atoms with Gasteiger partial charge in [0.15, 0.2) is 0 Å². The van der Waals surface area contributed by atoms with Crippen molar-refractivity contribution in [2.24, 2.45) is 0 Å². The summed E-state index contributed by atoms with van der Waals surface area (Å²) >= 11 is 0.860. The van der Waals surface area contributed by atoms with Crippen molar-refractivity contribution >= 4 is 24.0 Å². The number of carbonyl (C=O) groups excluding carboxylic acids is 2. The van der Waals surface area contributed by atoms with E-state index in [9.17, 15) is 9.59 Å². The number of ether oxygens (including phenoxy) is 1. The zero-order chi connectivity index (χ0) is 24.6. The van der Waals surface area contributed by atoms with Crippen molar-refractivity contribution in [1.29, 1.82) is 0 Å². The summed E-state index contributed by atoms with van der Waals surface area (Å²) in [6, 6.07) is 13.1. The third kappa shape index (κ3) is 7.59. The molecular formula is C26H36N2O4S. The Balaban J connectivity index is 2.45. The summed E-state index contributed by atoms with van der Waals surface area (Å²) in [6.07, 6.45) is 0.882. The molecule has 0 N–H and O–H groups in total. The third-order valence-electron chi connectivity index (χ3n) is 4.90. The van der Waals surface area contributed by atoms with E-state index >= 15 is 0 Å². The van der Waals surface area contributed by atoms with Gasteiger partial charge in [0.05, 0.1) is 18.8 Å². The number of hydrogen-bond donors (Lipinski definition) is 0.